The SMILES string of the molecule is Cc1ccc(NC(=O)N2CC[C@@H](CC(F)(F)F)C2)cc1-c1cc(N2CCOCC2)nc(N2CC[C@H](C)C2=O)c1. The first-order chi connectivity index (χ1) is 18.6. The number of ether oxygens (including phenoxy) is 1. The van der Waals surface area contributed by atoms with Crippen molar-refractivity contribution in [1.29, 1.82) is 0 Å². The number of carbonyl (C=O) groups excluding carboxylic acids is 2. The number of aryl methyl sites for hydroxylation is 1. The Morgan fingerprint density at radius 1 is 1.08 bits per heavy atom. The van der Waals surface area contributed by atoms with Crippen LogP contribution in [0.4, 0.5) is 35.3 Å². The fourth-order valence-electron chi connectivity index (χ4n) is 5.52. The summed E-state index contributed by atoms with van der Waals surface area (Å²) >= 11 is 0. The average Bonchev–Trinajstić information content (AvgIpc) is 3.50. The van der Waals surface area contributed by atoms with Gasteiger partial charge in [-0.15, -0.1) is 0 Å². The van der Waals surface area contributed by atoms with Crippen molar-refractivity contribution >= 4 is 29.3 Å². The predicted molar refractivity (Wildman–Crippen MR) is 143 cm³/mol. The molecule has 2 atom stereocenters. The van der Waals surface area contributed by atoms with E-state index in [1.165, 1.54) is 4.90 Å². The van der Waals surface area contributed by atoms with E-state index in [4.69, 9.17) is 9.72 Å². The fourth-order valence-corrected chi connectivity index (χ4v) is 5.52. The molecule has 0 bridgehead atoms. The van der Waals surface area contributed by atoms with Gasteiger partial charge in [-0.05, 0) is 66.6 Å². The number of nitrogens with zero attached hydrogens (tertiary/aromatic N) is 4. The Labute approximate surface area is 226 Å². The zero-order valence-electron chi connectivity index (χ0n) is 22.3. The number of nitrogens with one attached hydrogen (secondary N) is 1. The van der Waals surface area contributed by atoms with Gasteiger partial charge in [0.1, 0.15) is 11.6 Å². The molecule has 4 heterocycles. The van der Waals surface area contributed by atoms with Crippen molar-refractivity contribution in [3.05, 3.63) is 35.9 Å². The highest BCUT2D eigenvalue weighted by molar-refractivity contribution is 5.97. The molecule has 0 spiro atoms. The minimum Gasteiger partial charge on any atom is -0.378 e. The monoisotopic (exact) mass is 545 g/mol. The van der Waals surface area contributed by atoms with Crippen molar-refractivity contribution in [3.8, 4) is 11.1 Å². The summed E-state index contributed by atoms with van der Waals surface area (Å²) in [6.07, 6.45) is -3.99. The number of morpholine rings is 1. The summed E-state index contributed by atoms with van der Waals surface area (Å²) in [4.78, 5) is 35.9. The number of hydrogen-bond acceptors (Lipinski definition) is 5. The van der Waals surface area contributed by atoms with Crippen molar-refractivity contribution in [2.45, 2.75) is 39.3 Å². The number of rotatable bonds is 5. The van der Waals surface area contributed by atoms with E-state index < -0.39 is 24.5 Å². The van der Waals surface area contributed by atoms with E-state index in [0.717, 1.165) is 28.9 Å². The maximum absolute atomic E-state index is 12.9. The third kappa shape index (κ3) is 6.29. The van der Waals surface area contributed by atoms with Gasteiger partial charge in [0, 0.05) is 50.7 Å². The van der Waals surface area contributed by atoms with Gasteiger partial charge < -0.3 is 19.9 Å². The van der Waals surface area contributed by atoms with Crippen LogP contribution in [0.15, 0.2) is 30.3 Å². The smallest absolute Gasteiger partial charge is 0.378 e. The van der Waals surface area contributed by atoms with Gasteiger partial charge in [0.25, 0.3) is 0 Å². The van der Waals surface area contributed by atoms with Crippen molar-refractivity contribution in [2.75, 3.05) is 61.1 Å². The highest BCUT2D eigenvalue weighted by Crippen LogP contribution is 2.35. The summed E-state index contributed by atoms with van der Waals surface area (Å²) < 4.78 is 43.9. The molecule has 3 aliphatic rings. The van der Waals surface area contributed by atoms with Gasteiger partial charge in [0.15, 0.2) is 0 Å². The molecule has 1 aromatic carbocycles. The molecule has 5 rings (SSSR count). The molecule has 3 fully saturated rings. The fraction of sp³-hybridized carbons (Fsp3) is 0.536. The summed E-state index contributed by atoms with van der Waals surface area (Å²) in [7, 11) is 0. The van der Waals surface area contributed by atoms with E-state index >= 15 is 0 Å². The molecule has 0 saturated carbocycles. The zero-order valence-corrected chi connectivity index (χ0v) is 22.3. The largest absolute Gasteiger partial charge is 0.389 e. The number of alkyl halides is 3. The van der Waals surface area contributed by atoms with E-state index in [-0.39, 0.29) is 18.4 Å². The molecule has 0 radical (unpaired) electrons. The maximum atomic E-state index is 12.9. The highest BCUT2D eigenvalue weighted by atomic mass is 19.4. The number of amides is 3. The van der Waals surface area contributed by atoms with Gasteiger partial charge in [-0.2, -0.15) is 13.2 Å². The van der Waals surface area contributed by atoms with Crippen LogP contribution in [0.2, 0.25) is 0 Å². The molecule has 2 aromatic rings. The Balaban J connectivity index is 1.40. The number of anilines is 3. The second-order valence-electron chi connectivity index (χ2n) is 10.7. The van der Waals surface area contributed by atoms with Crippen molar-refractivity contribution < 1.29 is 27.5 Å². The Morgan fingerprint density at radius 3 is 2.51 bits per heavy atom. The van der Waals surface area contributed by atoms with Crippen LogP contribution in [0.5, 0.6) is 0 Å². The minimum absolute atomic E-state index is 0.0520. The van der Waals surface area contributed by atoms with E-state index in [2.05, 4.69) is 10.2 Å². The van der Waals surface area contributed by atoms with Crippen LogP contribution in [0.25, 0.3) is 11.1 Å². The van der Waals surface area contributed by atoms with Crippen LogP contribution in [0.1, 0.15) is 31.7 Å². The van der Waals surface area contributed by atoms with E-state index in [0.29, 0.717) is 57.3 Å². The Hall–Kier alpha value is -3.34. The zero-order chi connectivity index (χ0) is 27.7. The molecular formula is C28H34F3N5O3. The van der Waals surface area contributed by atoms with Gasteiger partial charge in [-0.25, -0.2) is 9.78 Å². The van der Waals surface area contributed by atoms with Crippen LogP contribution in [0, 0.1) is 18.8 Å². The second-order valence-corrected chi connectivity index (χ2v) is 10.7. The van der Waals surface area contributed by atoms with Gasteiger partial charge >= 0.3 is 12.2 Å². The number of aromatic nitrogens is 1. The molecule has 3 aliphatic heterocycles. The molecule has 0 aliphatic carbocycles. The second kappa shape index (κ2) is 11.0. The standard InChI is InChI=1S/C28H34F3N5O3/c1-18-3-4-22(32-27(38)35-7-6-20(17-35)16-28(29,30)31)15-23(18)21-13-24(34-9-11-39-12-10-34)33-25(14-21)36-8-5-19(2)26(36)37/h3-4,13-15,19-20H,5-12,16-17H2,1-2H3,(H,32,38)/t19-,20-/m0/s1. The first kappa shape index (κ1) is 27.2. The van der Waals surface area contributed by atoms with Crippen LogP contribution in [-0.4, -0.2) is 73.9 Å². The number of likely N-dealkylation sites (tertiary alicyclic amines) is 1. The van der Waals surface area contributed by atoms with Crippen LogP contribution in [-0.2, 0) is 9.53 Å². The molecule has 0 unspecified atom stereocenters. The topological polar surface area (TPSA) is 78.0 Å². The molecule has 210 valence electrons. The van der Waals surface area contributed by atoms with Gasteiger partial charge in [0.05, 0.1) is 13.2 Å². The molecular weight excluding hydrogens is 511 g/mol. The summed E-state index contributed by atoms with van der Waals surface area (Å²) in [6.45, 7) is 7.48. The molecule has 39 heavy (non-hydrogen) atoms. The van der Waals surface area contributed by atoms with Crippen molar-refractivity contribution in [2.24, 2.45) is 11.8 Å². The number of urea groups is 1. The third-order valence-electron chi connectivity index (χ3n) is 7.78. The predicted octanol–water partition coefficient (Wildman–Crippen LogP) is 5.07. The minimum atomic E-state index is -4.23. The van der Waals surface area contributed by atoms with E-state index in [1.54, 1.807) is 11.0 Å². The normalized spacial score (nSPS) is 22.1. The Morgan fingerprint density at radius 2 is 1.82 bits per heavy atom. The first-order valence-corrected chi connectivity index (χ1v) is 13.5. The van der Waals surface area contributed by atoms with Crippen molar-refractivity contribution in [1.82, 2.24) is 9.88 Å². The highest BCUT2D eigenvalue weighted by Gasteiger charge is 2.36. The molecule has 8 nitrogen and oxygen atoms in total. The lowest BCUT2D eigenvalue weighted by molar-refractivity contribution is -0.143. The van der Waals surface area contributed by atoms with Gasteiger partial charge in [-0.3, -0.25) is 9.69 Å². The van der Waals surface area contributed by atoms with Crippen molar-refractivity contribution in [3.63, 3.8) is 0 Å². The summed E-state index contributed by atoms with van der Waals surface area (Å²) in [5, 5.41) is 2.86. The van der Waals surface area contributed by atoms with Gasteiger partial charge in [-0.1, -0.05) is 13.0 Å². The third-order valence-corrected chi connectivity index (χ3v) is 7.78. The molecule has 3 saturated heterocycles. The number of hydrogen-bond donors (Lipinski definition) is 1. The van der Waals surface area contributed by atoms with Crippen LogP contribution >= 0.6 is 0 Å². The van der Waals surface area contributed by atoms with E-state index in [9.17, 15) is 22.8 Å². The van der Waals surface area contributed by atoms with Gasteiger partial charge in [0.2, 0.25) is 5.91 Å². The molecule has 11 heteroatoms. The lowest BCUT2D eigenvalue weighted by atomic mass is 10.00. The summed E-state index contributed by atoms with van der Waals surface area (Å²) in [5.41, 5.74) is 3.28. The molecule has 3 amide bonds. The van der Waals surface area contributed by atoms with Crippen LogP contribution in [0.3, 0.4) is 0 Å². The Bertz CT molecular complexity index is 1230. The number of halogens is 3. The van der Waals surface area contributed by atoms with E-state index in [1.807, 2.05) is 38.1 Å². The summed E-state index contributed by atoms with van der Waals surface area (Å²) in [5.74, 6) is 0.794. The summed E-state index contributed by atoms with van der Waals surface area (Å²) in [6, 6.07) is 9.06. The lowest BCUT2D eigenvalue weighted by Crippen LogP contribution is -2.37. The average molecular weight is 546 g/mol. The number of pyridine rings is 1. The lowest BCUT2D eigenvalue weighted by Gasteiger charge is -2.29. The molecule has 1 aromatic heterocycles. The quantitative estimate of drug-likeness (QED) is 0.568. The maximum Gasteiger partial charge on any atom is 0.389 e. The number of carbonyl (C=O) groups is 2. The molecule has 1 N–H and O–H groups in total. The first-order valence-electron chi connectivity index (χ1n) is 13.5. The Kier molecular flexibility index (Phi) is 7.70. The number of benzene rings is 1. The van der Waals surface area contributed by atoms with Crippen LogP contribution < -0.4 is 15.1 Å².